The van der Waals surface area contributed by atoms with Crippen LogP contribution in [0.15, 0.2) is 54.9 Å². The zero-order chi connectivity index (χ0) is 22.2. The van der Waals surface area contributed by atoms with Crippen LogP contribution < -0.4 is 10.2 Å². The van der Waals surface area contributed by atoms with Crippen molar-refractivity contribution < 1.29 is 9.90 Å². The van der Waals surface area contributed by atoms with Crippen LogP contribution in [0.4, 0.5) is 17.3 Å². The number of nitrogens with zero attached hydrogens (tertiary/aromatic N) is 5. The van der Waals surface area contributed by atoms with Crippen LogP contribution in [-0.4, -0.2) is 43.2 Å². The number of hydrogen-bond donors (Lipinski definition) is 2. The van der Waals surface area contributed by atoms with Crippen LogP contribution in [0.2, 0.25) is 0 Å². The minimum absolute atomic E-state index is 0.263. The average molecular weight is 428 g/mol. The second-order valence-electron chi connectivity index (χ2n) is 8.11. The fourth-order valence-electron chi connectivity index (χ4n) is 4.35. The number of hydrogen-bond acceptors (Lipinski definition) is 6. The van der Waals surface area contributed by atoms with Crippen LogP contribution in [0.1, 0.15) is 35.7 Å². The van der Waals surface area contributed by atoms with Crippen LogP contribution in [-0.2, 0) is 0 Å². The summed E-state index contributed by atoms with van der Waals surface area (Å²) >= 11 is 0. The van der Waals surface area contributed by atoms with Crippen molar-refractivity contribution in [2.24, 2.45) is 0 Å². The van der Waals surface area contributed by atoms with E-state index in [4.69, 9.17) is 4.98 Å². The number of pyridine rings is 1. The molecular formula is C24H24N6O2. The van der Waals surface area contributed by atoms with E-state index in [1.165, 1.54) is 12.8 Å². The maximum absolute atomic E-state index is 11.6. The van der Waals surface area contributed by atoms with E-state index in [9.17, 15) is 9.90 Å². The summed E-state index contributed by atoms with van der Waals surface area (Å²) in [4.78, 5) is 23.2. The molecule has 0 radical (unpaired) electrons. The minimum atomic E-state index is -0.955. The van der Waals surface area contributed by atoms with Gasteiger partial charge in [-0.25, -0.2) is 19.3 Å². The van der Waals surface area contributed by atoms with Gasteiger partial charge in [-0.3, -0.25) is 0 Å². The number of rotatable bonds is 5. The third kappa shape index (κ3) is 3.53. The number of nitrogens with one attached hydrogen (secondary N) is 1. The largest absolute Gasteiger partial charge is 0.478 e. The predicted molar refractivity (Wildman–Crippen MR) is 124 cm³/mol. The van der Waals surface area contributed by atoms with E-state index in [1.54, 1.807) is 36.0 Å². The van der Waals surface area contributed by atoms with E-state index in [-0.39, 0.29) is 5.56 Å². The molecule has 8 nitrogen and oxygen atoms in total. The summed E-state index contributed by atoms with van der Waals surface area (Å²) in [6.45, 7) is 5.04. The normalized spacial score (nSPS) is 15.9. The molecule has 1 unspecified atom stereocenters. The molecule has 32 heavy (non-hydrogen) atoms. The van der Waals surface area contributed by atoms with E-state index >= 15 is 0 Å². The van der Waals surface area contributed by atoms with Crippen molar-refractivity contribution in [2.75, 3.05) is 16.8 Å². The van der Waals surface area contributed by atoms with E-state index in [0.29, 0.717) is 22.9 Å². The number of aromatic nitrogens is 4. The van der Waals surface area contributed by atoms with Crippen molar-refractivity contribution >= 4 is 28.9 Å². The molecule has 0 amide bonds. The Hall–Kier alpha value is -3.94. The molecule has 5 rings (SSSR count). The molecule has 1 atom stereocenters. The minimum Gasteiger partial charge on any atom is -0.478 e. The van der Waals surface area contributed by atoms with Gasteiger partial charge >= 0.3 is 5.97 Å². The van der Waals surface area contributed by atoms with Crippen LogP contribution in [0, 0.1) is 6.92 Å². The molecule has 1 saturated heterocycles. The molecule has 4 aromatic rings. The highest BCUT2D eigenvalue weighted by Crippen LogP contribution is 2.30. The molecule has 2 N–H and O–H groups in total. The summed E-state index contributed by atoms with van der Waals surface area (Å²) in [5, 5.41) is 17.6. The van der Waals surface area contributed by atoms with Gasteiger partial charge in [-0.1, -0.05) is 18.2 Å². The summed E-state index contributed by atoms with van der Waals surface area (Å²) in [7, 11) is 0. The molecule has 1 aliphatic rings. The first-order chi connectivity index (χ1) is 15.5. The Morgan fingerprint density at radius 3 is 2.84 bits per heavy atom. The third-order valence-corrected chi connectivity index (χ3v) is 6.04. The Kier molecular flexibility index (Phi) is 4.97. The third-order valence-electron chi connectivity index (χ3n) is 6.04. The number of carboxylic acids is 1. The van der Waals surface area contributed by atoms with Gasteiger partial charge in [0.2, 0.25) is 0 Å². The van der Waals surface area contributed by atoms with Gasteiger partial charge in [0.05, 0.1) is 16.9 Å². The number of anilines is 3. The summed E-state index contributed by atoms with van der Waals surface area (Å²) in [5.41, 5.74) is 3.76. The van der Waals surface area contributed by atoms with E-state index < -0.39 is 5.97 Å². The fourth-order valence-corrected chi connectivity index (χ4v) is 4.35. The smallest absolute Gasteiger partial charge is 0.335 e. The number of fused-ring (bicyclic) bond motifs is 1. The summed E-state index contributed by atoms with van der Waals surface area (Å²) in [6, 6.07) is 13.6. The standard InChI is InChI=1S/C24H24N6O2/c1-15-6-5-12-29(15)22-10-4-9-21(27-22)26-20-14-19(28-30-13-11-25-23(20)30)17-7-3-8-18(16(17)2)24(31)32/h3-4,7-11,13-15H,5-6,12H2,1-2H3,(H,26,27)(H,31,32). The second-order valence-corrected chi connectivity index (χ2v) is 8.11. The fraction of sp³-hybridized carbons (Fsp3) is 0.250. The number of benzene rings is 1. The molecule has 162 valence electrons. The zero-order valence-corrected chi connectivity index (χ0v) is 18.0. The van der Waals surface area contributed by atoms with E-state index in [0.717, 1.165) is 29.4 Å². The number of carbonyl (C=O) groups is 1. The SMILES string of the molecule is Cc1c(C(=O)O)cccc1-c1cc(Nc2cccc(N3CCCC3C)n2)c2nccn2n1. The maximum atomic E-state index is 11.6. The van der Waals surface area contributed by atoms with Crippen LogP contribution in [0.5, 0.6) is 0 Å². The lowest BCUT2D eigenvalue weighted by Gasteiger charge is -2.23. The lowest BCUT2D eigenvalue weighted by molar-refractivity contribution is 0.0696. The van der Waals surface area contributed by atoms with Gasteiger partial charge in [0.15, 0.2) is 5.65 Å². The second kappa shape index (κ2) is 7.96. The molecule has 4 heterocycles. The van der Waals surface area contributed by atoms with Crippen molar-refractivity contribution in [1.29, 1.82) is 0 Å². The van der Waals surface area contributed by atoms with Crippen LogP contribution in [0.25, 0.3) is 16.9 Å². The lowest BCUT2D eigenvalue weighted by Crippen LogP contribution is -2.27. The molecule has 0 aliphatic carbocycles. The first-order valence-electron chi connectivity index (χ1n) is 10.7. The Balaban J connectivity index is 1.56. The molecule has 0 bridgehead atoms. The number of carboxylic acid groups (broad SMARTS) is 1. The first kappa shape index (κ1) is 20.0. The average Bonchev–Trinajstić information content (AvgIpc) is 3.43. The van der Waals surface area contributed by atoms with E-state index in [1.807, 2.05) is 30.3 Å². The van der Waals surface area contributed by atoms with Gasteiger partial charge in [0.25, 0.3) is 0 Å². The summed E-state index contributed by atoms with van der Waals surface area (Å²) in [5.74, 6) is 0.724. The Morgan fingerprint density at radius 1 is 1.22 bits per heavy atom. The Morgan fingerprint density at radius 2 is 2.06 bits per heavy atom. The predicted octanol–water partition coefficient (Wildman–Crippen LogP) is 4.53. The van der Waals surface area contributed by atoms with E-state index in [2.05, 4.69) is 27.2 Å². The number of imidazole rings is 1. The summed E-state index contributed by atoms with van der Waals surface area (Å²) in [6.07, 6.45) is 5.82. The Bertz CT molecular complexity index is 1320. The van der Waals surface area contributed by atoms with Crippen molar-refractivity contribution in [1.82, 2.24) is 19.6 Å². The molecule has 3 aromatic heterocycles. The molecule has 0 spiro atoms. The monoisotopic (exact) mass is 428 g/mol. The highest BCUT2D eigenvalue weighted by Gasteiger charge is 2.22. The highest BCUT2D eigenvalue weighted by molar-refractivity contribution is 5.92. The molecule has 1 aliphatic heterocycles. The quantitative estimate of drug-likeness (QED) is 0.482. The zero-order valence-electron chi connectivity index (χ0n) is 18.0. The maximum Gasteiger partial charge on any atom is 0.335 e. The van der Waals surface area contributed by atoms with Crippen molar-refractivity contribution in [3.05, 3.63) is 66.0 Å². The molecular weight excluding hydrogens is 404 g/mol. The topological polar surface area (TPSA) is 95.7 Å². The Labute approximate surface area is 185 Å². The molecule has 1 aromatic carbocycles. The van der Waals surface area contributed by atoms with Gasteiger partial charge in [-0.2, -0.15) is 5.10 Å². The van der Waals surface area contributed by atoms with Crippen molar-refractivity contribution in [2.45, 2.75) is 32.7 Å². The van der Waals surface area contributed by atoms with Crippen LogP contribution in [0.3, 0.4) is 0 Å². The van der Waals surface area contributed by atoms with Gasteiger partial charge < -0.3 is 15.3 Å². The van der Waals surface area contributed by atoms with Gasteiger partial charge in [0, 0.05) is 30.5 Å². The molecule has 1 fully saturated rings. The van der Waals surface area contributed by atoms with Gasteiger partial charge in [0.1, 0.15) is 11.6 Å². The molecule has 0 saturated carbocycles. The van der Waals surface area contributed by atoms with Crippen LogP contribution >= 0.6 is 0 Å². The van der Waals surface area contributed by atoms with Crippen molar-refractivity contribution in [3.8, 4) is 11.3 Å². The van der Waals surface area contributed by atoms with Gasteiger partial charge in [-0.05, 0) is 56.5 Å². The molecule has 8 heteroatoms. The van der Waals surface area contributed by atoms with Crippen molar-refractivity contribution in [3.63, 3.8) is 0 Å². The summed E-state index contributed by atoms with van der Waals surface area (Å²) < 4.78 is 1.69. The number of aromatic carboxylic acids is 1. The highest BCUT2D eigenvalue weighted by atomic mass is 16.4. The van der Waals surface area contributed by atoms with Gasteiger partial charge in [-0.15, -0.1) is 0 Å². The lowest BCUT2D eigenvalue weighted by atomic mass is 10.00. The first-order valence-corrected chi connectivity index (χ1v) is 10.7.